The fourth-order valence-electron chi connectivity index (χ4n) is 8.10. The number of methoxy groups -OCH3 is 2. The van der Waals surface area contributed by atoms with Gasteiger partial charge in [0.2, 0.25) is 29.5 Å². The smallest absolute Gasteiger partial charge is 0.407 e. The number of unbranched alkanes of at least 4 members (excludes halogenated alkanes) is 1. The average Bonchev–Trinajstić information content (AvgIpc) is 3.32. The minimum atomic E-state index is -1.38. The van der Waals surface area contributed by atoms with Crippen molar-refractivity contribution < 1.29 is 47.8 Å². The summed E-state index contributed by atoms with van der Waals surface area (Å²) in [5, 5.41) is 13.6. The van der Waals surface area contributed by atoms with Gasteiger partial charge in [-0.15, -0.1) is 0 Å². The fourth-order valence-corrected chi connectivity index (χ4v) is 8.10. The Labute approximate surface area is 410 Å². The van der Waals surface area contributed by atoms with E-state index in [1.165, 1.54) is 38.7 Å². The van der Waals surface area contributed by atoms with Gasteiger partial charge in [-0.05, 0) is 118 Å². The predicted octanol–water partition coefficient (Wildman–Crippen LogP) is 5.52. The van der Waals surface area contributed by atoms with Crippen molar-refractivity contribution >= 4 is 41.5 Å². The Kier molecular flexibility index (Phi) is 18.9. The number of primary amides is 1. The largest absolute Gasteiger partial charge is 0.496 e. The van der Waals surface area contributed by atoms with Crippen LogP contribution < -0.4 is 41.8 Å². The molecule has 0 fully saturated rings. The topological polar surface area (TPSA) is 237 Å². The van der Waals surface area contributed by atoms with Crippen LogP contribution >= 0.6 is 0 Å². The van der Waals surface area contributed by atoms with E-state index >= 15 is 0 Å². The lowest BCUT2D eigenvalue weighted by Gasteiger charge is -2.32. The van der Waals surface area contributed by atoms with Crippen LogP contribution in [0.5, 0.6) is 11.5 Å². The van der Waals surface area contributed by atoms with Gasteiger partial charge < -0.3 is 51.4 Å². The number of hydrogen-bond acceptors (Lipinski definition) is 10. The molecule has 4 aromatic carbocycles. The quantitative estimate of drug-likeness (QED) is 0.0683. The molecule has 1 aliphatic heterocycles. The monoisotopic (exact) mass is 961 g/mol. The summed E-state index contributed by atoms with van der Waals surface area (Å²) in [5.74, 6) is -2.92. The van der Waals surface area contributed by atoms with E-state index in [9.17, 15) is 33.6 Å². The third kappa shape index (κ3) is 14.8. The summed E-state index contributed by atoms with van der Waals surface area (Å²) < 4.78 is 16.8. The molecule has 7 amide bonds. The number of likely N-dealkylation sites (N-methyl/N-ethyl adjacent to an activating group) is 1. The highest BCUT2D eigenvalue weighted by Gasteiger charge is 2.36. The highest BCUT2D eigenvalue weighted by molar-refractivity contribution is 5.97. The Balaban J connectivity index is 1.39. The molecule has 4 aromatic rings. The van der Waals surface area contributed by atoms with E-state index in [1.54, 1.807) is 69.3 Å². The molecule has 17 nitrogen and oxygen atoms in total. The summed E-state index contributed by atoms with van der Waals surface area (Å²) >= 11 is 0. The van der Waals surface area contributed by atoms with E-state index < -0.39 is 65.4 Å². The summed E-state index contributed by atoms with van der Waals surface area (Å²) in [6, 6.07) is 20.8. The SMILES string of the molecule is CCCc1ccc(-c2ccc(C(=O)NCCC(=O)NC(CCCCNC(=O)OC(C)(C)C)C(=O)N(C)[C@@H]3C(=O)N[C@@H](C)C(=O)N[C@H](C(N)=O)Cc4ccc(OC)c(c4)-c4cc3ccc4OC)cc2)cc1. The van der Waals surface area contributed by atoms with Crippen LogP contribution in [0.15, 0.2) is 84.9 Å². The third-order valence-corrected chi connectivity index (χ3v) is 11.8. The van der Waals surface area contributed by atoms with Crippen molar-refractivity contribution in [3.63, 3.8) is 0 Å². The number of nitrogens with zero attached hydrogens (tertiary/aromatic N) is 1. The van der Waals surface area contributed by atoms with Gasteiger partial charge in [0, 0.05) is 49.7 Å². The van der Waals surface area contributed by atoms with E-state index in [0.29, 0.717) is 52.2 Å². The minimum Gasteiger partial charge on any atom is -0.496 e. The highest BCUT2D eigenvalue weighted by Crippen LogP contribution is 2.40. The Morgan fingerprint density at radius 3 is 2.04 bits per heavy atom. The number of nitrogens with two attached hydrogens (primary N) is 1. The number of carbonyl (C=O) groups excluding carboxylic acids is 7. The molecular formula is C53H67N7O10. The second-order valence-electron chi connectivity index (χ2n) is 18.3. The maximum absolute atomic E-state index is 14.8. The van der Waals surface area contributed by atoms with Crippen LogP contribution in [0, 0.1) is 0 Å². The van der Waals surface area contributed by atoms with Crippen LogP contribution in [-0.2, 0) is 41.6 Å². The van der Waals surface area contributed by atoms with Crippen molar-refractivity contribution in [2.75, 3.05) is 34.4 Å². The summed E-state index contributed by atoms with van der Waals surface area (Å²) in [7, 11) is 4.40. The Morgan fingerprint density at radius 1 is 0.800 bits per heavy atom. The zero-order chi connectivity index (χ0) is 51.1. The van der Waals surface area contributed by atoms with E-state index in [4.69, 9.17) is 19.9 Å². The maximum atomic E-state index is 14.8. The summed E-state index contributed by atoms with van der Waals surface area (Å²) in [6.45, 7) is 9.01. The highest BCUT2D eigenvalue weighted by atomic mass is 16.6. The molecule has 1 unspecified atom stereocenters. The molecule has 0 saturated carbocycles. The van der Waals surface area contributed by atoms with Crippen molar-refractivity contribution in [2.24, 2.45) is 5.73 Å². The Morgan fingerprint density at radius 2 is 1.43 bits per heavy atom. The first-order chi connectivity index (χ1) is 33.3. The van der Waals surface area contributed by atoms with Crippen LogP contribution in [-0.4, -0.2) is 105 Å². The van der Waals surface area contributed by atoms with Crippen LogP contribution in [0.2, 0.25) is 0 Å². The van der Waals surface area contributed by atoms with E-state index in [2.05, 4.69) is 57.8 Å². The van der Waals surface area contributed by atoms with Crippen molar-refractivity contribution in [1.29, 1.82) is 0 Å². The summed E-state index contributed by atoms with van der Waals surface area (Å²) in [5.41, 5.74) is 10.7. The van der Waals surface area contributed by atoms with Gasteiger partial charge in [-0.3, -0.25) is 28.8 Å². The van der Waals surface area contributed by atoms with Gasteiger partial charge in [0.25, 0.3) is 5.91 Å². The summed E-state index contributed by atoms with van der Waals surface area (Å²) in [6.07, 6.45) is 2.20. The van der Waals surface area contributed by atoms with Crippen LogP contribution in [0.4, 0.5) is 4.79 Å². The molecule has 0 radical (unpaired) electrons. The van der Waals surface area contributed by atoms with Gasteiger partial charge in [0.15, 0.2) is 0 Å². The Hall–Kier alpha value is -7.43. The first kappa shape index (κ1) is 53.5. The van der Waals surface area contributed by atoms with Crippen LogP contribution in [0.25, 0.3) is 22.3 Å². The van der Waals surface area contributed by atoms with Crippen LogP contribution in [0.1, 0.15) is 99.8 Å². The van der Waals surface area contributed by atoms with Gasteiger partial charge >= 0.3 is 6.09 Å². The minimum absolute atomic E-state index is 0.0389. The molecule has 4 bridgehead atoms. The lowest BCUT2D eigenvalue weighted by Crippen LogP contribution is -2.55. The van der Waals surface area contributed by atoms with Crippen molar-refractivity contribution in [1.82, 2.24) is 31.5 Å². The van der Waals surface area contributed by atoms with E-state index in [0.717, 1.165) is 24.0 Å². The molecule has 7 N–H and O–H groups in total. The molecular weight excluding hydrogens is 895 g/mol. The lowest BCUT2D eigenvalue weighted by molar-refractivity contribution is -0.143. The zero-order valence-corrected chi connectivity index (χ0v) is 41.4. The number of alkyl carbamates (subject to hydrolysis) is 1. The molecule has 70 heavy (non-hydrogen) atoms. The number of nitrogens with one attached hydrogen (secondary N) is 5. The second kappa shape index (κ2) is 24.7. The van der Waals surface area contributed by atoms with Gasteiger partial charge in [-0.25, -0.2) is 4.79 Å². The zero-order valence-electron chi connectivity index (χ0n) is 41.4. The standard InChI is InChI=1S/C53H67N7O10/c1-9-12-33-14-17-35(18-15-33)36-19-21-37(22-20-36)49(64)55-28-26-45(61)58-41(13-10-11-27-56-52(67)70-53(3,4)5)51(66)60(6)46-38-23-25-44(69-8)40(31-38)39-29-34(16-24-43(39)68-7)30-42(47(54)62)59-48(63)32(2)57-50(46)65/h14-25,29,31-32,41-42,46H,9-13,26-28,30H2,1-8H3,(H2,54,62)(H,55,64)(H,56,67)(H,57,65)(H,58,61)(H,59,63)/t32-,41?,42-,46-/m0/s1. The number of carbonyl (C=O) groups is 7. The number of hydrogen-bond donors (Lipinski definition) is 6. The molecule has 4 atom stereocenters. The van der Waals surface area contributed by atoms with Crippen molar-refractivity contribution in [3.05, 3.63) is 107 Å². The van der Waals surface area contributed by atoms with E-state index in [-0.39, 0.29) is 38.3 Å². The van der Waals surface area contributed by atoms with Gasteiger partial charge in [-0.1, -0.05) is 61.9 Å². The third-order valence-electron chi connectivity index (χ3n) is 11.8. The van der Waals surface area contributed by atoms with Gasteiger partial charge in [0.1, 0.15) is 41.3 Å². The fraction of sp³-hybridized carbons (Fsp3) is 0.415. The number of amides is 7. The molecule has 1 heterocycles. The summed E-state index contributed by atoms with van der Waals surface area (Å²) in [4.78, 5) is 95.7. The van der Waals surface area contributed by atoms with E-state index in [1.807, 2.05) is 12.1 Å². The first-order valence-corrected chi connectivity index (χ1v) is 23.6. The van der Waals surface area contributed by atoms with Crippen molar-refractivity contribution in [2.45, 2.75) is 109 Å². The second-order valence-corrected chi connectivity index (χ2v) is 18.3. The number of rotatable bonds is 18. The van der Waals surface area contributed by atoms with Gasteiger partial charge in [0.05, 0.1) is 14.2 Å². The van der Waals surface area contributed by atoms with Crippen LogP contribution in [0.3, 0.4) is 0 Å². The molecule has 0 saturated heterocycles. The molecule has 17 heteroatoms. The number of fused-ring (bicyclic) bond motifs is 5. The predicted molar refractivity (Wildman–Crippen MR) is 266 cm³/mol. The normalized spacial score (nSPS) is 16.3. The average molecular weight is 962 g/mol. The molecule has 5 rings (SSSR count). The Bertz CT molecular complexity index is 2500. The lowest BCUT2D eigenvalue weighted by atomic mass is 9.93. The first-order valence-electron chi connectivity index (χ1n) is 23.6. The molecule has 0 spiro atoms. The molecule has 374 valence electrons. The molecule has 1 aliphatic rings. The number of benzene rings is 4. The number of ether oxygens (including phenoxy) is 3. The maximum Gasteiger partial charge on any atom is 0.407 e. The number of aryl methyl sites for hydroxylation is 1. The van der Waals surface area contributed by atoms with Gasteiger partial charge in [-0.2, -0.15) is 0 Å². The molecule has 0 aromatic heterocycles. The van der Waals surface area contributed by atoms with Crippen molar-refractivity contribution in [3.8, 4) is 33.8 Å². The molecule has 0 aliphatic carbocycles.